The molecule has 0 aliphatic heterocycles. The summed E-state index contributed by atoms with van der Waals surface area (Å²) in [7, 11) is 6.19. The van der Waals surface area contributed by atoms with Gasteiger partial charge in [0.15, 0.2) is 0 Å². The number of anilines is 1. The number of pyridine rings is 1. The minimum absolute atomic E-state index is 0.0593. The first-order valence-electron chi connectivity index (χ1n) is 5.58. The van der Waals surface area contributed by atoms with Gasteiger partial charge in [0.2, 0.25) is 0 Å². The Hall–Kier alpha value is -1.13. The van der Waals surface area contributed by atoms with Crippen LogP contribution in [0.4, 0.5) is 5.82 Å². The van der Waals surface area contributed by atoms with Gasteiger partial charge in [-0.2, -0.15) is 0 Å². The normalized spacial score (nSPS) is 12.9. The topological polar surface area (TPSA) is 45.4 Å². The van der Waals surface area contributed by atoms with E-state index in [1.807, 2.05) is 19.2 Å². The fourth-order valence-corrected chi connectivity index (χ4v) is 1.39. The van der Waals surface area contributed by atoms with Gasteiger partial charge in [-0.05, 0) is 38.7 Å². The van der Waals surface area contributed by atoms with E-state index in [2.05, 4.69) is 42.0 Å². The minimum atomic E-state index is 0.0593. The molecular formula is C12H22N4. The summed E-state index contributed by atoms with van der Waals surface area (Å²) in [6.45, 7) is 3.96. The van der Waals surface area contributed by atoms with Gasteiger partial charge < -0.3 is 15.5 Å². The van der Waals surface area contributed by atoms with E-state index in [-0.39, 0.29) is 6.04 Å². The summed E-state index contributed by atoms with van der Waals surface area (Å²) in [6, 6.07) is 4.08. The summed E-state index contributed by atoms with van der Waals surface area (Å²) in [4.78, 5) is 8.65. The number of nitrogens with zero attached hydrogens (tertiary/aromatic N) is 3. The van der Waals surface area contributed by atoms with Crippen LogP contribution in [0.2, 0.25) is 0 Å². The molecule has 0 aliphatic carbocycles. The predicted molar refractivity (Wildman–Crippen MR) is 68.7 cm³/mol. The number of nitrogens with two attached hydrogens (primary N) is 1. The Morgan fingerprint density at radius 3 is 2.56 bits per heavy atom. The van der Waals surface area contributed by atoms with Crippen molar-refractivity contribution >= 4 is 5.82 Å². The number of likely N-dealkylation sites (N-methyl/N-ethyl adjacent to an activating group) is 2. The van der Waals surface area contributed by atoms with E-state index in [0.29, 0.717) is 0 Å². The lowest BCUT2D eigenvalue weighted by atomic mass is 10.1. The SMILES string of the molecule is C[C@H](N)c1ccnc(N(C)CCN(C)C)c1. The van der Waals surface area contributed by atoms with E-state index in [1.54, 1.807) is 0 Å². The summed E-state index contributed by atoms with van der Waals surface area (Å²) in [5.74, 6) is 0.983. The fraction of sp³-hybridized carbons (Fsp3) is 0.583. The lowest BCUT2D eigenvalue weighted by molar-refractivity contribution is 0.416. The van der Waals surface area contributed by atoms with Crippen LogP contribution in [-0.4, -0.2) is 44.1 Å². The highest BCUT2D eigenvalue weighted by Gasteiger charge is 2.05. The molecule has 2 N–H and O–H groups in total. The largest absolute Gasteiger partial charge is 0.358 e. The van der Waals surface area contributed by atoms with Crippen LogP contribution in [0.5, 0.6) is 0 Å². The van der Waals surface area contributed by atoms with Crippen molar-refractivity contribution in [1.29, 1.82) is 0 Å². The van der Waals surface area contributed by atoms with Crippen molar-refractivity contribution < 1.29 is 0 Å². The first kappa shape index (κ1) is 12.9. The lowest BCUT2D eigenvalue weighted by Gasteiger charge is -2.21. The van der Waals surface area contributed by atoms with Crippen LogP contribution in [-0.2, 0) is 0 Å². The van der Waals surface area contributed by atoms with Crippen LogP contribution in [0.1, 0.15) is 18.5 Å². The maximum absolute atomic E-state index is 5.85. The first-order valence-corrected chi connectivity index (χ1v) is 5.58. The van der Waals surface area contributed by atoms with Crippen LogP contribution < -0.4 is 10.6 Å². The van der Waals surface area contributed by atoms with E-state index in [1.165, 1.54) is 0 Å². The zero-order chi connectivity index (χ0) is 12.1. The predicted octanol–water partition coefficient (Wildman–Crippen LogP) is 1.10. The van der Waals surface area contributed by atoms with Gasteiger partial charge in [-0.25, -0.2) is 4.98 Å². The van der Waals surface area contributed by atoms with Gasteiger partial charge in [0.25, 0.3) is 0 Å². The molecule has 1 rings (SSSR count). The van der Waals surface area contributed by atoms with Gasteiger partial charge in [0.1, 0.15) is 5.82 Å². The summed E-state index contributed by atoms with van der Waals surface area (Å²) >= 11 is 0. The smallest absolute Gasteiger partial charge is 0.128 e. The lowest BCUT2D eigenvalue weighted by Crippen LogP contribution is -2.29. The molecular weight excluding hydrogens is 200 g/mol. The molecule has 1 atom stereocenters. The van der Waals surface area contributed by atoms with Gasteiger partial charge in [0, 0.05) is 32.4 Å². The zero-order valence-corrected chi connectivity index (χ0v) is 10.6. The molecule has 0 aromatic carbocycles. The van der Waals surface area contributed by atoms with E-state index in [4.69, 9.17) is 5.73 Å². The van der Waals surface area contributed by atoms with Gasteiger partial charge in [-0.15, -0.1) is 0 Å². The average Bonchev–Trinajstić information content (AvgIpc) is 2.26. The maximum Gasteiger partial charge on any atom is 0.128 e. The zero-order valence-electron chi connectivity index (χ0n) is 10.6. The average molecular weight is 222 g/mol. The Balaban J connectivity index is 2.68. The van der Waals surface area contributed by atoms with Crippen LogP contribution in [0.25, 0.3) is 0 Å². The second-order valence-electron chi connectivity index (χ2n) is 4.46. The summed E-state index contributed by atoms with van der Waals surface area (Å²) in [6.07, 6.45) is 1.82. The fourth-order valence-electron chi connectivity index (χ4n) is 1.39. The second kappa shape index (κ2) is 5.82. The maximum atomic E-state index is 5.85. The summed E-state index contributed by atoms with van der Waals surface area (Å²) in [5, 5.41) is 0. The van der Waals surface area contributed by atoms with Gasteiger partial charge in [0.05, 0.1) is 0 Å². The molecule has 0 amide bonds. The molecule has 4 nitrogen and oxygen atoms in total. The molecule has 0 saturated heterocycles. The van der Waals surface area contributed by atoms with Crippen LogP contribution >= 0.6 is 0 Å². The highest BCUT2D eigenvalue weighted by molar-refractivity contribution is 5.40. The quantitative estimate of drug-likeness (QED) is 0.810. The van der Waals surface area contributed by atoms with E-state index in [9.17, 15) is 0 Å². The van der Waals surface area contributed by atoms with Crippen molar-refractivity contribution in [2.75, 3.05) is 39.1 Å². The molecule has 0 radical (unpaired) electrons. The van der Waals surface area contributed by atoms with Gasteiger partial charge in [-0.3, -0.25) is 0 Å². The van der Waals surface area contributed by atoms with E-state index < -0.39 is 0 Å². The van der Waals surface area contributed by atoms with E-state index >= 15 is 0 Å². The highest BCUT2D eigenvalue weighted by atomic mass is 15.2. The monoisotopic (exact) mass is 222 g/mol. The Bertz CT molecular complexity index is 323. The van der Waals surface area contributed by atoms with Crippen LogP contribution in [0, 0.1) is 0 Å². The molecule has 0 bridgehead atoms. The molecule has 1 aromatic rings. The molecule has 4 heteroatoms. The summed E-state index contributed by atoms with van der Waals surface area (Å²) in [5.41, 5.74) is 6.98. The second-order valence-corrected chi connectivity index (χ2v) is 4.46. The first-order chi connectivity index (χ1) is 7.50. The molecule has 0 aliphatic rings. The number of hydrogen-bond donors (Lipinski definition) is 1. The molecule has 90 valence electrons. The van der Waals surface area contributed by atoms with Crippen molar-refractivity contribution in [3.63, 3.8) is 0 Å². The molecule has 16 heavy (non-hydrogen) atoms. The standard InChI is InChI=1S/C12H22N4/c1-10(13)11-5-6-14-12(9-11)16(4)8-7-15(2)3/h5-6,9-10H,7-8,13H2,1-4H3/t10-/m0/s1. The van der Waals surface area contributed by atoms with Gasteiger partial charge >= 0.3 is 0 Å². The van der Waals surface area contributed by atoms with Crippen LogP contribution in [0.15, 0.2) is 18.3 Å². The number of aromatic nitrogens is 1. The van der Waals surface area contributed by atoms with Crippen LogP contribution in [0.3, 0.4) is 0 Å². The Morgan fingerprint density at radius 1 is 1.31 bits per heavy atom. The molecule has 0 spiro atoms. The number of hydrogen-bond acceptors (Lipinski definition) is 4. The molecule has 0 fully saturated rings. The molecule has 0 unspecified atom stereocenters. The van der Waals surface area contributed by atoms with Crippen molar-refractivity contribution in [3.05, 3.63) is 23.9 Å². The molecule has 0 saturated carbocycles. The third kappa shape index (κ3) is 3.79. The van der Waals surface area contributed by atoms with Crippen molar-refractivity contribution in [2.24, 2.45) is 5.73 Å². The van der Waals surface area contributed by atoms with Crippen molar-refractivity contribution in [1.82, 2.24) is 9.88 Å². The Labute approximate surface area is 98.1 Å². The molecule has 1 aromatic heterocycles. The summed E-state index contributed by atoms with van der Waals surface area (Å²) < 4.78 is 0. The third-order valence-corrected chi connectivity index (χ3v) is 2.57. The third-order valence-electron chi connectivity index (χ3n) is 2.57. The van der Waals surface area contributed by atoms with Crippen molar-refractivity contribution in [2.45, 2.75) is 13.0 Å². The number of rotatable bonds is 5. The van der Waals surface area contributed by atoms with Crippen molar-refractivity contribution in [3.8, 4) is 0 Å². The Kier molecular flexibility index (Phi) is 4.71. The van der Waals surface area contributed by atoms with E-state index in [0.717, 1.165) is 24.5 Å². The Morgan fingerprint density at radius 2 is 2.00 bits per heavy atom. The highest BCUT2D eigenvalue weighted by Crippen LogP contribution is 2.15. The van der Waals surface area contributed by atoms with Gasteiger partial charge in [-0.1, -0.05) is 0 Å². The minimum Gasteiger partial charge on any atom is -0.358 e. The molecule has 1 heterocycles.